The maximum Gasteiger partial charge on any atom is 0.397 e. The van der Waals surface area contributed by atoms with Crippen molar-refractivity contribution in [3.63, 3.8) is 0 Å². The second-order valence-electron chi connectivity index (χ2n) is 15.4. The molecule has 0 bridgehead atoms. The summed E-state index contributed by atoms with van der Waals surface area (Å²) >= 11 is 0. The Morgan fingerprint density at radius 2 is 1.83 bits per heavy atom. The average Bonchev–Trinajstić information content (AvgIpc) is 3.47. The van der Waals surface area contributed by atoms with Crippen molar-refractivity contribution in [2.45, 2.75) is 128 Å². The zero-order chi connectivity index (χ0) is 33.3. The smallest absolute Gasteiger partial charge is 0.397 e. The SMILES string of the molecule is CC1=C(CC[C@H](C)CO[C@@H]2O[C@H](CO)[C@@H](O)[C@H](O)[C@H]2O)O[C@H]2C[C@H]3[C@@H]4CC=C5C[C@@H](O)C[C@@H](OS(=O)(=O)O)[C@]5(C)[C@H]4CC[C@]3(C)[C@@H]12. The zero-order valence-corrected chi connectivity index (χ0v) is 28.0. The number of fused-ring (bicyclic) bond motifs is 7. The molecule has 4 fully saturated rings. The van der Waals surface area contributed by atoms with Crippen LogP contribution >= 0.6 is 0 Å². The van der Waals surface area contributed by atoms with Gasteiger partial charge in [0.05, 0.1) is 31.2 Å². The first kappa shape index (κ1) is 34.7. The van der Waals surface area contributed by atoms with Crippen LogP contribution in [0.25, 0.3) is 0 Å². The molecule has 0 unspecified atom stereocenters. The Morgan fingerprint density at radius 1 is 1.09 bits per heavy atom. The molecule has 4 aliphatic carbocycles. The van der Waals surface area contributed by atoms with E-state index in [1.54, 1.807) is 0 Å². The normalized spacial score (nSPS) is 47.7. The Balaban J connectivity index is 1.10. The van der Waals surface area contributed by atoms with Gasteiger partial charge in [-0.05, 0) is 80.1 Å². The fourth-order valence-corrected chi connectivity index (χ4v) is 11.0. The molecule has 1 saturated heterocycles. The minimum atomic E-state index is -4.68. The molecule has 2 heterocycles. The van der Waals surface area contributed by atoms with E-state index in [1.165, 1.54) is 5.57 Å². The van der Waals surface area contributed by atoms with Crippen LogP contribution in [0, 0.1) is 40.4 Å². The summed E-state index contributed by atoms with van der Waals surface area (Å²) < 4.78 is 56.5. The molecule has 6 aliphatic rings. The first-order chi connectivity index (χ1) is 21.6. The summed E-state index contributed by atoms with van der Waals surface area (Å²) in [5.74, 6) is 2.29. The molecule has 6 N–H and O–H groups in total. The maximum absolute atomic E-state index is 11.8. The van der Waals surface area contributed by atoms with E-state index >= 15 is 0 Å². The molecule has 0 aromatic carbocycles. The second-order valence-corrected chi connectivity index (χ2v) is 16.5. The number of rotatable bonds is 9. The summed E-state index contributed by atoms with van der Waals surface area (Å²) in [6.07, 6.45) is 0.176. The lowest BCUT2D eigenvalue weighted by Crippen LogP contribution is -2.59. The Bertz CT molecular complexity index is 1320. The van der Waals surface area contributed by atoms with Gasteiger partial charge < -0.3 is 39.7 Å². The highest BCUT2D eigenvalue weighted by molar-refractivity contribution is 7.80. The van der Waals surface area contributed by atoms with Crippen molar-refractivity contribution in [3.05, 3.63) is 23.0 Å². The molecule has 46 heavy (non-hydrogen) atoms. The average molecular weight is 673 g/mol. The van der Waals surface area contributed by atoms with Gasteiger partial charge in [-0.15, -0.1) is 0 Å². The Kier molecular flexibility index (Phi) is 9.54. The first-order valence-corrected chi connectivity index (χ1v) is 18.3. The van der Waals surface area contributed by atoms with Crippen LogP contribution in [0.15, 0.2) is 23.0 Å². The molecule has 6 rings (SSSR count). The van der Waals surface area contributed by atoms with E-state index in [0.29, 0.717) is 24.2 Å². The number of ether oxygens (including phenoxy) is 3. The highest BCUT2D eigenvalue weighted by Gasteiger charge is 2.65. The molecule has 12 nitrogen and oxygen atoms in total. The lowest BCUT2D eigenvalue weighted by atomic mass is 9.46. The third kappa shape index (κ3) is 5.90. The number of hydrogen-bond acceptors (Lipinski definition) is 11. The van der Waals surface area contributed by atoms with Gasteiger partial charge in [-0.1, -0.05) is 32.4 Å². The fraction of sp³-hybridized carbons (Fsp3) is 0.879. The molecular weight excluding hydrogens is 620 g/mol. The van der Waals surface area contributed by atoms with Gasteiger partial charge in [0.25, 0.3) is 0 Å². The topological polar surface area (TPSA) is 192 Å². The van der Waals surface area contributed by atoms with Gasteiger partial charge in [-0.3, -0.25) is 4.55 Å². The van der Waals surface area contributed by atoms with E-state index in [1.807, 2.05) is 6.92 Å². The first-order valence-electron chi connectivity index (χ1n) is 16.9. The molecule has 262 valence electrons. The highest BCUT2D eigenvalue weighted by Crippen LogP contribution is 2.69. The van der Waals surface area contributed by atoms with Gasteiger partial charge >= 0.3 is 10.4 Å². The summed E-state index contributed by atoms with van der Waals surface area (Å²) in [7, 11) is -4.68. The van der Waals surface area contributed by atoms with E-state index in [4.69, 9.17) is 18.4 Å². The van der Waals surface area contributed by atoms with Crippen LogP contribution in [0.5, 0.6) is 0 Å². The van der Waals surface area contributed by atoms with Crippen LogP contribution in [-0.4, -0.2) is 101 Å². The predicted molar refractivity (Wildman–Crippen MR) is 164 cm³/mol. The lowest BCUT2D eigenvalue weighted by Gasteiger charge is -2.59. The quantitative estimate of drug-likeness (QED) is 0.155. The molecule has 13 heteroatoms. The zero-order valence-electron chi connectivity index (χ0n) is 27.2. The van der Waals surface area contributed by atoms with Crippen LogP contribution in [0.1, 0.15) is 79.1 Å². The molecule has 0 aromatic rings. The Labute approximate surface area is 271 Å². The monoisotopic (exact) mass is 672 g/mol. The van der Waals surface area contributed by atoms with E-state index in [0.717, 1.165) is 49.9 Å². The van der Waals surface area contributed by atoms with Gasteiger partial charge in [-0.25, -0.2) is 4.18 Å². The Morgan fingerprint density at radius 3 is 2.52 bits per heavy atom. The minimum absolute atomic E-state index is 0.0325. The molecule has 0 spiro atoms. The van der Waals surface area contributed by atoms with E-state index in [9.17, 15) is 38.5 Å². The molecule has 3 saturated carbocycles. The molecule has 15 atom stereocenters. The van der Waals surface area contributed by atoms with Crippen molar-refractivity contribution in [3.8, 4) is 0 Å². The molecule has 0 aromatic heterocycles. The third-order valence-corrected chi connectivity index (χ3v) is 13.3. The van der Waals surface area contributed by atoms with Crippen LogP contribution in [0.3, 0.4) is 0 Å². The van der Waals surface area contributed by atoms with Crippen LogP contribution in [0.2, 0.25) is 0 Å². The minimum Gasteiger partial charge on any atom is -0.494 e. The van der Waals surface area contributed by atoms with Crippen molar-refractivity contribution >= 4 is 10.4 Å². The summed E-state index contributed by atoms with van der Waals surface area (Å²) in [5.41, 5.74) is 1.79. The van der Waals surface area contributed by atoms with Crippen LogP contribution in [0.4, 0.5) is 0 Å². The maximum atomic E-state index is 11.8. The summed E-state index contributed by atoms with van der Waals surface area (Å²) in [6, 6.07) is 0. The van der Waals surface area contributed by atoms with Crippen molar-refractivity contribution < 1.29 is 56.9 Å². The summed E-state index contributed by atoms with van der Waals surface area (Å²) in [6.45, 7) is 8.44. The molecule has 2 aliphatic heterocycles. The van der Waals surface area contributed by atoms with Crippen molar-refractivity contribution in [1.82, 2.24) is 0 Å². The summed E-state index contributed by atoms with van der Waals surface area (Å²) in [5, 5.41) is 50.3. The van der Waals surface area contributed by atoms with Gasteiger partial charge in [0, 0.05) is 24.2 Å². The Hall–Kier alpha value is -1.13. The molecular formula is C33H52O12S. The standard InChI is InChI=1S/C33H52O12S/c1-16(15-42-31-30(38)29(37)28(36)25(14-34)44-31)5-8-23-17(2)27-24(43-23)13-22-20-7-6-18-11-19(35)12-26(45-46(39,40)41)33(18,4)21(20)9-10-32(22,27)3/h6,16,19-22,24-31,34-38H,5,7-15H2,1-4H3,(H,39,40,41)/t16-,19+,20+,21-,22-,24-,25+,26+,27-,28+,29-,30+,31+,32-,33-/m0/s1. The van der Waals surface area contributed by atoms with Gasteiger partial charge in [-0.2, -0.15) is 8.42 Å². The van der Waals surface area contributed by atoms with Crippen molar-refractivity contribution in [1.29, 1.82) is 0 Å². The highest BCUT2D eigenvalue weighted by atomic mass is 32.3. The van der Waals surface area contributed by atoms with Crippen molar-refractivity contribution in [2.75, 3.05) is 13.2 Å². The second kappa shape index (κ2) is 12.6. The van der Waals surface area contributed by atoms with Gasteiger partial charge in [0.1, 0.15) is 30.5 Å². The fourth-order valence-electron chi connectivity index (χ4n) is 10.5. The number of allylic oxidation sites excluding steroid dienone is 2. The third-order valence-electron chi connectivity index (χ3n) is 12.8. The van der Waals surface area contributed by atoms with Gasteiger partial charge in [0.2, 0.25) is 0 Å². The predicted octanol–water partition coefficient (Wildman–Crippen LogP) is 2.24. The summed E-state index contributed by atoms with van der Waals surface area (Å²) in [4.78, 5) is 0. The van der Waals surface area contributed by atoms with E-state index in [-0.39, 0.29) is 36.4 Å². The number of aliphatic hydroxyl groups excluding tert-OH is 5. The van der Waals surface area contributed by atoms with Gasteiger partial charge in [0.15, 0.2) is 6.29 Å². The van der Waals surface area contributed by atoms with E-state index < -0.39 is 65.3 Å². The van der Waals surface area contributed by atoms with E-state index in [2.05, 4.69) is 26.8 Å². The molecule has 0 amide bonds. The largest absolute Gasteiger partial charge is 0.494 e. The van der Waals surface area contributed by atoms with Crippen molar-refractivity contribution in [2.24, 2.45) is 40.4 Å². The lowest BCUT2D eigenvalue weighted by molar-refractivity contribution is -0.303. The van der Waals surface area contributed by atoms with Crippen LogP contribution < -0.4 is 0 Å². The molecule has 0 radical (unpaired) electrons. The van der Waals surface area contributed by atoms with Crippen LogP contribution in [-0.2, 0) is 28.8 Å². The number of aliphatic hydroxyl groups is 5. The number of hydrogen-bond donors (Lipinski definition) is 6.